The van der Waals surface area contributed by atoms with Crippen molar-refractivity contribution >= 4 is 11.8 Å². The first kappa shape index (κ1) is 25.5. The lowest BCUT2D eigenvalue weighted by Crippen LogP contribution is -2.38. The Balaban J connectivity index is 1.40. The van der Waals surface area contributed by atoms with Crippen molar-refractivity contribution in [3.05, 3.63) is 81.0 Å². The molecule has 1 unspecified atom stereocenters. The Hall–Kier alpha value is -3.59. The summed E-state index contributed by atoms with van der Waals surface area (Å²) in [6, 6.07) is 14.2. The van der Waals surface area contributed by atoms with E-state index in [0.29, 0.717) is 18.0 Å². The van der Waals surface area contributed by atoms with Crippen LogP contribution in [0.1, 0.15) is 76.7 Å². The van der Waals surface area contributed by atoms with E-state index in [4.69, 9.17) is 5.26 Å². The topological polar surface area (TPSA) is 85.2 Å². The molecule has 2 aliphatic rings. The molecule has 1 atom stereocenters. The van der Waals surface area contributed by atoms with Crippen LogP contribution < -0.4 is 10.6 Å². The van der Waals surface area contributed by atoms with Gasteiger partial charge in [0, 0.05) is 43.9 Å². The van der Waals surface area contributed by atoms with Crippen molar-refractivity contribution < 1.29 is 9.59 Å². The number of carbonyl (C=O) groups is 2. The Labute approximate surface area is 214 Å². The first-order valence-electron chi connectivity index (χ1n) is 12.8. The Bertz CT molecular complexity index is 1210. The van der Waals surface area contributed by atoms with Gasteiger partial charge in [0.25, 0.3) is 5.91 Å². The normalized spacial score (nSPS) is 18.2. The van der Waals surface area contributed by atoms with E-state index in [1.165, 1.54) is 11.1 Å². The minimum Gasteiger partial charge on any atom is -0.384 e. The average molecular weight is 485 g/mol. The maximum Gasteiger partial charge on any atom is 0.254 e. The highest BCUT2D eigenvalue weighted by atomic mass is 16.2. The molecule has 6 nitrogen and oxygen atoms in total. The van der Waals surface area contributed by atoms with Crippen molar-refractivity contribution in [1.29, 1.82) is 5.26 Å². The number of rotatable bonds is 6. The standard InChI is InChI=1S/C30H36N4O2/c1-19-13-20(2)27(15-26(19)18-33-28-16-25(14-21(28)3)29(35)32-4)30(36)34-11-9-24(10-12-34)23-7-5-22(17-31)6-8-23/h5-8,13,15,24-25,33H,9-12,14,16,18H2,1-4H3,(H,32,35). The highest BCUT2D eigenvalue weighted by Gasteiger charge is 2.28. The molecule has 0 radical (unpaired) electrons. The maximum atomic E-state index is 13.5. The van der Waals surface area contributed by atoms with Crippen LogP contribution in [-0.2, 0) is 11.3 Å². The summed E-state index contributed by atoms with van der Waals surface area (Å²) >= 11 is 0. The molecule has 0 saturated carbocycles. The van der Waals surface area contributed by atoms with Crippen LogP contribution in [0.5, 0.6) is 0 Å². The molecule has 0 aromatic heterocycles. The van der Waals surface area contributed by atoms with Crippen LogP contribution in [0.3, 0.4) is 0 Å². The Morgan fingerprint density at radius 3 is 2.36 bits per heavy atom. The van der Waals surface area contributed by atoms with Crippen molar-refractivity contribution in [2.24, 2.45) is 5.92 Å². The Morgan fingerprint density at radius 1 is 1.03 bits per heavy atom. The van der Waals surface area contributed by atoms with Gasteiger partial charge in [-0.1, -0.05) is 23.8 Å². The van der Waals surface area contributed by atoms with Gasteiger partial charge in [-0.3, -0.25) is 9.59 Å². The number of piperidine rings is 1. The molecular weight excluding hydrogens is 448 g/mol. The Morgan fingerprint density at radius 2 is 1.72 bits per heavy atom. The molecule has 36 heavy (non-hydrogen) atoms. The van der Waals surface area contributed by atoms with Crippen LogP contribution >= 0.6 is 0 Å². The number of nitrogens with one attached hydrogen (secondary N) is 2. The van der Waals surface area contributed by atoms with Crippen LogP contribution in [0.2, 0.25) is 0 Å². The van der Waals surface area contributed by atoms with E-state index in [0.717, 1.165) is 66.7 Å². The van der Waals surface area contributed by atoms with Crippen molar-refractivity contribution in [3.8, 4) is 6.07 Å². The molecule has 6 heteroatoms. The number of nitrogens with zero attached hydrogens (tertiary/aromatic N) is 2. The largest absolute Gasteiger partial charge is 0.384 e. The van der Waals surface area contributed by atoms with Crippen LogP contribution in [0.4, 0.5) is 0 Å². The first-order chi connectivity index (χ1) is 17.3. The minimum absolute atomic E-state index is 0.000891. The van der Waals surface area contributed by atoms with E-state index in [9.17, 15) is 9.59 Å². The molecule has 4 rings (SSSR count). The lowest BCUT2D eigenvalue weighted by molar-refractivity contribution is -0.124. The number of aryl methyl sites for hydroxylation is 2. The van der Waals surface area contributed by atoms with E-state index in [-0.39, 0.29) is 17.7 Å². The molecule has 2 aromatic carbocycles. The molecule has 2 aromatic rings. The summed E-state index contributed by atoms with van der Waals surface area (Å²) in [5, 5.41) is 15.3. The van der Waals surface area contributed by atoms with Gasteiger partial charge in [0.15, 0.2) is 0 Å². The second-order valence-corrected chi connectivity index (χ2v) is 10.2. The number of nitriles is 1. The number of benzene rings is 2. The van der Waals surface area contributed by atoms with Gasteiger partial charge in [-0.25, -0.2) is 0 Å². The van der Waals surface area contributed by atoms with Crippen LogP contribution in [-0.4, -0.2) is 36.9 Å². The number of amides is 2. The quantitative estimate of drug-likeness (QED) is 0.622. The smallest absolute Gasteiger partial charge is 0.254 e. The van der Waals surface area contributed by atoms with Gasteiger partial charge in [-0.2, -0.15) is 5.26 Å². The third-order valence-corrected chi connectivity index (χ3v) is 7.83. The summed E-state index contributed by atoms with van der Waals surface area (Å²) in [4.78, 5) is 27.5. The van der Waals surface area contributed by atoms with Crippen molar-refractivity contribution in [1.82, 2.24) is 15.5 Å². The summed E-state index contributed by atoms with van der Waals surface area (Å²) in [5.74, 6) is 0.611. The fraction of sp³-hybridized carbons (Fsp3) is 0.433. The zero-order valence-electron chi connectivity index (χ0n) is 21.8. The third kappa shape index (κ3) is 5.46. The average Bonchev–Trinajstić information content (AvgIpc) is 3.27. The van der Waals surface area contributed by atoms with Gasteiger partial charge >= 0.3 is 0 Å². The fourth-order valence-corrected chi connectivity index (χ4v) is 5.53. The van der Waals surface area contributed by atoms with Crippen LogP contribution in [0, 0.1) is 31.1 Å². The first-order valence-corrected chi connectivity index (χ1v) is 12.8. The molecule has 1 aliphatic heterocycles. The molecule has 2 N–H and O–H groups in total. The molecule has 1 fully saturated rings. The highest BCUT2D eigenvalue weighted by molar-refractivity contribution is 5.96. The van der Waals surface area contributed by atoms with E-state index >= 15 is 0 Å². The molecular formula is C30H36N4O2. The van der Waals surface area contributed by atoms with E-state index in [2.05, 4.69) is 36.6 Å². The number of carbonyl (C=O) groups excluding carboxylic acids is 2. The van der Waals surface area contributed by atoms with E-state index in [1.54, 1.807) is 7.05 Å². The molecule has 0 spiro atoms. The minimum atomic E-state index is 0.000891. The summed E-state index contributed by atoms with van der Waals surface area (Å²) in [5.41, 5.74) is 8.35. The summed E-state index contributed by atoms with van der Waals surface area (Å²) in [6.07, 6.45) is 3.38. The molecule has 1 heterocycles. The van der Waals surface area contributed by atoms with Gasteiger partial charge in [-0.05, 0) is 92.8 Å². The maximum absolute atomic E-state index is 13.5. The summed E-state index contributed by atoms with van der Waals surface area (Å²) < 4.78 is 0. The van der Waals surface area contributed by atoms with E-state index < -0.39 is 0 Å². The third-order valence-electron chi connectivity index (χ3n) is 7.83. The lowest BCUT2D eigenvalue weighted by atomic mass is 9.88. The van der Waals surface area contributed by atoms with Gasteiger partial charge in [0.2, 0.25) is 5.91 Å². The predicted octanol–water partition coefficient (Wildman–Crippen LogP) is 4.71. The molecule has 188 valence electrons. The second-order valence-electron chi connectivity index (χ2n) is 10.2. The summed E-state index contributed by atoms with van der Waals surface area (Å²) in [6.45, 7) is 8.29. The number of likely N-dealkylation sites (tertiary alicyclic amines) is 1. The van der Waals surface area contributed by atoms with Crippen LogP contribution in [0.25, 0.3) is 0 Å². The zero-order chi connectivity index (χ0) is 25.8. The van der Waals surface area contributed by atoms with Crippen molar-refractivity contribution in [3.63, 3.8) is 0 Å². The number of allylic oxidation sites excluding steroid dienone is 2. The summed E-state index contributed by atoms with van der Waals surface area (Å²) in [7, 11) is 1.69. The fourth-order valence-electron chi connectivity index (χ4n) is 5.53. The van der Waals surface area contributed by atoms with Crippen molar-refractivity contribution in [2.75, 3.05) is 20.1 Å². The Kier molecular flexibility index (Phi) is 7.79. The molecule has 0 bridgehead atoms. The van der Waals surface area contributed by atoms with Crippen molar-refractivity contribution in [2.45, 2.75) is 58.9 Å². The van der Waals surface area contributed by atoms with Crippen LogP contribution in [0.15, 0.2) is 47.7 Å². The van der Waals surface area contributed by atoms with E-state index in [1.807, 2.05) is 42.2 Å². The monoisotopic (exact) mass is 484 g/mol. The highest BCUT2D eigenvalue weighted by Crippen LogP contribution is 2.31. The van der Waals surface area contributed by atoms with Gasteiger partial charge < -0.3 is 15.5 Å². The molecule has 1 aliphatic carbocycles. The van der Waals surface area contributed by atoms with Gasteiger partial charge in [0.1, 0.15) is 0 Å². The lowest BCUT2D eigenvalue weighted by Gasteiger charge is -2.33. The number of hydrogen-bond acceptors (Lipinski definition) is 4. The second kappa shape index (κ2) is 11.0. The predicted molar refractivity (Wildman–Crippen MR) is 141 cm³/mol. The molecule has 2 amide bonds. The SMILES string of the molecule is CNC(=O)C1CC(C)=C(NCc2cc(C(=O)N3CCC(c4ccc(C#N)cc4)CC3)c(C)cc2C)C1. The van der Waals surface area contributed by atoms with Gasteiger partial charge in [-0.15, -0.1) is 0 Å². The number of hydrogen-bond donors (Lipinski definition) is 2. The molecule has 1 saturated heterocycles. The zero-order valence-corrected chi connectivity index (χ0v) is 21.8. The van der Waals surface area contributed by atoms with Gasteiger partial charge in [0.05, 0.1) is 11.6 Å².